The fraction of sp³-hybridized carbons (Fsp3) is 0.583. The van der Waals surface area contributed by atoms with Crippen LogP contribution in [0.25, 0.3) is 0 Å². The first-order valence-electron chi connectivity index (χ1n) is 5.96. The molecule has 0 amide bonds. The molecule has 0 aliphatic carbocycles. The molecule has 0 unspecified atom stereocenters. The van der Waals surface area contributed by atoms with E-state index in [2.05, 4.69) is 40.9 Å². The van der Waals surface area contributed by atoms with Crippen LogP contribution in [0.1, 0.15) is 25.2 Å². The normalized spacial score (nSPS) is 10.2. The summed E-state index contributed by atoms with van der Waals surface area (Å²) in [6.45, 7) is 8.70. The minimum Gasteiger partial charge on any atom is -0.352 e. The predicted molar refractivity (Wildman–Crippen MR) is 74.6 cm³/mol. The van der Waals surface area contributed by atoms with Crippen LogP contribution in [0.3, 0.4) is 0 Å². The highest BCUT2D eigenvalue weighted by Crippen LogP contribution is 2.07. The van der Waals surface area contributed by atoms with Crippen molar-refractivity contribution in [3.63, 3.8) is 0 Å². The van der Waals surface area contributed by atoms with Crippen LogP contribution < -0.4 is 5.32 Å². The van der Waals surface area contributed by atoms with Gasteiger partial charge >= 0.3 is 0 Å². The molecule has 17 heavy (non-hydrogen) atoms. The molecular formula is C12H20N4S. The lowest BCUT2D eigenvalue weighted by Gasteiger charge is -2.07. The lowest BCUT2D eigenvalue weighted by molar-refractivity contribution is 0.822. The first kappa shape index (κ1) is 14.0. The number of aryl methyl sites for hydroxylation is 2. The highest BCUT2D eigenvalue weighted by molar-refractivity contribution is 7.99. The minimum absolute atomic E-state index is 0.637. The third-order valence-electron chi connectivity index (χ3n) is 2.27. The van der Waals surface area contributed by atoms with E-state index in [9.17, 15) is 0 Å². The van der Waals surface area contributed by atoms with Gasteiger partial charge < -0.3 is 5.32 Å². The van der Waals surface area contributed by atoms with Crippen molar-refractivity contribution in [2.24, 2.45) is 0 Å². The fourth-order valence-electron chi connectivity index (χ4n) is 1.41. The molecule has 5 heteroatoms. The number of hydrogen-bond donors (Lipinski definition) is 1. The van der Waals surface area contributed by atoms with Gasteiger partial charge in [0.15, 0.2) is 0 Å². The van der Waals surface area contributed by atoms with Gasteiger partial charge in [-0.1, -0.05) is 19.9 Å². The van der Waals surface area contributed by atoms with Crippen LogP contribution >= 0.6 is 11.8 Å². The van der Waals surface area contributed by atoms with Crippen LogP contribution in [0.4, 0.5) is 5.95 Å². The summed E-state index contributed by atoms with van der Waals surface area (Å²) in [5.41, 5.74) is 2.04. The molecule has 0 saturated heterocycles. The van der Waals surface area contributed by atoms with E-state index in [1.807, 2.05) is 17.8 Å². The van der Waals surface area contributed by atoms with Crippen molar-refractivity contribution in [1.29, 1.82) is 0 Å². The monoisotopic (exact) mass is 252 g/mol. The second kappa shape index (κ2) is 8.06. The molecule has 1 heterocycles. The van der Waals surface area contributed by atoms with Gasteiger partial charge in [0.05, 0.1) is 11.4 Å². The van der Waals surface area contributed by atoms with E-state index >= 15 is 0 Å². The molecule has 0 atom stereocenters. The second-order valence-electron chi connectivity index (χ2n) is 3.53. The molecule has 0 aromatic carbocycles. The molecule has 1 aromatic rings. The van der Waals surface area contributed by atoms with Gasteiger partial charge in [-0.3, -0.25) is 0 Å². The molecule has 94 valence electrons. The van der Waals surface area contributed by atoms with E-state index in [0.29, 0.717) is 5.95 Å². The molecule has 0 aliphatic rings. The van der Waals surface area contributed by atoms with Crippen LogP contribution in [-0.2, 0) is 12.8 Å². The summed E-state index contributed by atoms with van der Waals surface area (Å²) in [5, 5.41) is 11.4. The summed E-state index contributed by atoms with van der Waals surface area (Å²) < 4.78 is 0. The van der Waals surface area contributed by atoms with Crippen molar-refractivity contribution in [1.82, 2.24) is 15.2 Å². The number of aromatic nitrogens is 3. The highest BCUT2D eigenvalue weighted by Gasteiger charge is 2.05. The van der Waals surface area contributed by atoms with E-state index in [1.165, 1.54) is 0 Å². The van der Waals surface area contributed by atoms with Gasteiger partial charge in [0.25, 0.3) is 0 Å². The molecule has 1 aromatic heterocycles. The first-order valence-corrected chi connectivity index (χ1v) is 7.12. The maximum absolute atomic E-state index is 4.47. The summed E-state index contributed by atoms with van der Waals surface area (Å²) in [7, 11) is 0. The Morgan fingerprint density at radius 2 is 2.00 bits per heavy atom. The van der Waals surface area contributed by atoms with Crippen molar-refractivity contribution in [3.8, 4) is 0 Å². The van der Waals surface area contributed by atoms with Crippen LogP contribution in [0, 0.1) is 0 Å². The Kier molecular flexibility index (Phi) is 6.62. The van der Waals surface area contributed by atoms with Crippen LogP contribution in [0.15, 0.2) is 12.7 Å². The van der Waals surface area contributed by atoms with E-state index in [4.69, 9.17) is 0 Å². The molecule has 4 nitrogen and oxygen atoms in total. The van der Waals surface area contributed by atoms with Crippen LogP contribution in [0.5, 0.6) is 0 Å². The Balaban J connectivity index is 2.45. The number of anilines is 1. The Bertz CT molecular complexity index is 354. The van der Waals surface area contributed by atoms with Crippen molar-refractivity contribution < 1.29 is 0 Å². The fourth-order valence-corrected chi connectivity index (χ4v) is 1.99. The quantitative estimate of drug-likeness (QED) is 0.568. The smallest absolute Gasteiger partial charge is 0.243 e. The van der Waals surface area contributed by atoms with E-state index in [1.54, 1.807) is 0 Å². The molecular weight excluding hydrogens is 232 g/mol. The number of hydrogen-bond acceptors (Lipinski definition) is 5. The molecule has 0 saturated carbocycles. The molecule has 0 fully saturated rings. The number of thioether (sulfide) groups is 1. The van der Waals surface area contributed by atoms with Crippen LogP contribution in [0.2, 0.25) is 0 Å². The van der Waals surface area contributed by atoms with Crippen molar-refractivity contribution >= 4 is 17.7 Å². The van der Waals surface area contributed by atoms with Gasteiger partial charge in [-0.05, 0) is 12.8 Å². The number of rotatable bonds is 8. The standard InChI is InChI=1S/C12H20N4S/c1-4-8-17-9-7-13-12-14-10(5-2)11(6-3)15-16-12/h4H,1,5-9H2,2-3H3,(H,13,14,16). The maximum atomic E-state index is 4.47. The highest BCUT2D eigenvalue weighted by atomic mass is 32.2. The van der Waals surface area contributed by atoms with Gasteiger partial charge in [-0.2, -0.15) is 16.9 Å². The van der Waals surface area contributed by atoms with E-state index < -0.39 is 0 Å². The zero-order chi connectivity index (χ0) is 12.5. The third-order valence-corrected chi connectivity index (χ3v) is 3.24. The Morgan fingerprint density at radius 1 is 1.24 bits per heavy atom. The predicted octanol–water partition coefficient (Wildman–Crippen LogP) is 2.33. The van der Waals surface area contributed by atoms with Gasteiger partial charge in [0.2, 0.25) is 5.95 Å². The van der Waals surface area contributed by atoms with Gasteiger partial charge in [-0.15, -0.1) is 11.7 Å². The summed E-state index contributed by atoms with van der Waals surface area (Å²) in [5.74, 6) is 2.64. The average Bonchev–Trinajstić information content (AvgIpc) is 2.38. The lowest BCUT2D eigenvalue weighted by atomic mass is 10.2. The van der Waals surface area contributed by atoms with Crippen LogP contribution in [-0.4, -0.2) is 33.2 Å². The molecule has 0 bridgehead atoms. The maximum Gasteiger partial charge on any atom is 0.243 e. The summed E-state index contributed by atoms with van der Waals surface area (Å²) in [4.78, 5) is 4.47. The summed E-state index contributed by atoms with van der Waals surface area (Å²) in [6, 6.07) is 0. The number of nitrogens with zero attached hydrogens (tertiary/aromatic N) is 3. The van der Waals surface area contributed by atoms with Gasteiger partial charge in [-0.25, -0.2) is 4.98 Å². The average molecular weight is 252 g/mol. The van der Waals surface area contributed by atoms with Gasteiger partial charge in [0, 0.05) is 18.1 Å². The Hall–Kier alpha value is -1.10. The zero-order valence-electron chi connectivity index (χ0n) is 10.6. The SMILES string of the molecule is C=CCSCCNc1nnc(CC)c(CC)n1. The van der Waals surface area contributed by atoms with Crippen molar-refractivity contribution in [2.75, 3.05) is 23.4 Å². The minimum atomic E-state index is 0.637. The van der Waals surface area contributed by atoms with Crippen molar-refractivity contribution in [2.45, 2.75) is 26.7 Å². The largest absolute Gasteiger partial charge is 0.352 e. The Labute approximate surface area is 107 Å². The second-order valence-corrected chi connectivity index (χ2v) is 4.68. The summed E-state index contributed by atoms with van der Waals surface area (Å²) >= 11 is 1.83. The van der Waals surface area contributed by atoms with Gasteiger partial charge in [0.1, 0.15) is 0 Å². The molecule has 1 N–H and O–H groups in total. The zero-order valence-corrected chi connectivity index (χ0v) is 11.4. The first-order chi connectivity index (χ1) is 8.31. The molecule has 0 radical (unpaired) electrons. The molecule has 1 rings (SSSR count). The molecule has 0 aliphatic heterocycles. The van der Waals surface area contributed by atoms with E-state index in [-0.39, 0.29) is 0 Å². The third kappa shape index (κ3) is 4.73. The lowest BCUT2D eigenvalue weighted by Crippen LogP contribution is -2.11. The van der Waals surface area contributed by atoms with Crippen molar-refractivity contribution in [3.05, 3.63) is 24.0 Å². The summed E-state index contributed by atoms with van der Waals surface area (Å²) in [6.07, 6.45) is 3.70. The number of nitrogens with one attached hydrogen (secondary N) is 1. The molecule has 0 spiro atoms. The topological polar surface area (TPSA) is 50.7 Å². The van der Waals surface area contributed by atoms with E-state index in [0.717, 1.165) is 42.3 Å². The Morgan fingerprint density at radius 3 is 2.65 bits per heavy atom.